The largest absolute Gasteiger partial charge is 0.384 e. The van der Waals surface area contributed by atoms with Gasteiger partial charge in [-0.2, -0.15) is 0 Å². The summed E-state index contributed by atoms with van der Waals surface area (Å²) in [6.45, 7) is 4.36. The van der Waals surface area contributed by atoms with Gasteiger partial charge in [-0.3, -0.25) is 0 Å². The van der Waals surface area contributed by atoms with Crippen LogP contribution in [0.3, 0.4) is 0 Å². The van der Waals surface area contributed by atoms with E-state index in [1.165, 1.54) is 18.3 Å². The zero-order valence-electron chi connectivity index (χ0n) is 11.4. The summed E-state index contributed by atoms with van der Waals surface area (Å²) in [4.78, 5) is 3.99. The van der Waals surface area contributed by atoms with Gasteiger partial charge in [0.1, 0.15) is 5.82 Å². The third-order valence-electron chi connectivity index (χ3n) is 3.59. The fourth-order valence-electron chi connectivity index (χ4n) is 2.68. The molecule has 19 heavy (non-hydrogen) atoms. The van der Waals surface area contributed by atoms with Crippen LogP contribution in [0.5, 0.6) is 0 Å². The zero-order valence-corrected chi connectivity index (χ0v) is 12.2. The molecule has 1 heterocycles. The minimum atomic E-state index is -3.50. The van der Waals surface area contributed by atoms with Crippen molar-refractivity contribution in [1.29, 1.82) is 0 Å². The maximum atomic E-state index is 12.3. The molecule has 0 aromatic carbocycles. The summed E-state index contributed by atoms with van der Waals surface area (Å²) in [6, 6.07) is 2.85. The average Bonchev–Trinajstić information content (AvgIpc) is 2.27. The van der Waals surface area contributed by atoms with Crippen LogP contribution in [0.2, 0.25) is 0 Å². The Kier molecular flexibility index (Phi) is 3.82. The van der Waals surface area contributed by atoms with Gasteiger partial charge in [0, 0.05) is 18.3 Å². The quantitative estimate of drug-likeness (QED) is 0.887. The van der Waals surface area contributed by atoms with E-state index in [2.05, 4.69) is 23.6 Å². The topological polar surface area (TPSA) is 85.1 Å². The molecule has 0 amide bonds. The lowest BCUT2D eigenvalue weighted by atomic mass is 9.75. The van der Waals surface area contributed by atoms with Crippen molar-refractivity contribution >= 4 is 15.8 Å². The molecule has 5 nitrogen and oxygen atoms in total. The molecule has 1 aromatic heterocycles. The molecule has 3 N–H and O–H groups in total. The molecule has 0 spiro atoms. The van der Waals surface area contributed by atoms with Crippen molar-refractivity contribution in [1.82, 2.24) is 9.71 Å². The molecule has 6 heteroatoms. The van der Waals surface area contributed by atoms with Gasteiger partial charge in [0.15, 0.2) is 0 Å². The number of hydrogen-bond acceptors (Lipinski definition) is 4. The summed E-state index contributed by atoms with van der Waals surface area (Å²) in [5, 5.41) is 0. The Morgan fingerprint density at radius 1 is 1.47 bits per heavy atom. The zero-order chi connectivity index (χ0) is 14.1. The van der Waals surface area contributed by atoms with Gasteiger partial charge < -0.3 is 5.73 Å². The molecular weight excluding hydrogens is 262 g/mol. The van der Waals surface area contributed by atoms with Crippen LogP contribution in [-0.4, -0.2) is 19.4 Å². The Hall–Kier alpha value is -1.14. The predicted octanol–water partition coefficient (Wildman–Crippen LogP) is 1.91. The Morgan fingerprint density at radius 3 is 2.84 bits per heavy atom. The first-order chi connectivity index (χ1) is 8.78. The normalized spacial score (nSPS) is 23.2. The van der Waals surface area contributed by atoms with E-state index in [0.29, 0.717) is 0 Å². The van der Waals surface area contributed by atoms with E-state index >= 15 is 0 Å². The molecule has 2 rings (SSSR count). The van der Waals surface area contributed by atoms with Crippen molar-refractivity contribution in [3.05, 3.63) is 18.3 Å². The predicted molar refractivity (Wildman–Crippen MR) is 75.0 cm³/mol. The lowest BCUT2D eigenvalue weighted by molar-refractivity contribution is 0.212. The van der Waals surface area contributed by atoms with Crippen molar-refractivity contribution in [3.63, 3.8) is 0 Å². The van der Waals surface area contributed by atoms with Gasteiger partial charge in [-0.1, -0.05) is 20.3 Å². The highest BCUT2D eigenvalue weighted by Crippen LogP contribution is 2.35. The second-order valence-electron chi connectivity index (χ2n) is 6.00. The third kappa shape index (κ3) is 3.67. The van der Waals surface area contributed by atoms with E-state index in [1.54, 1.807) is 0 Å². The number of sulfonamides is 1. The van der Waals surface area contributed by atoms with Crippen molar-refractivity contribution in [2.24, 2.45) is 5.41 Å². The molecule has 0 bridgehead atoms. The highest BCUT2D eigenvalue weighted by atomic mass is 32.2. The van der Waals surface area contributed by atoms with E-state index in [-0.39, 0.29) is 22.2 Å². The first-order valence-electron chi connectivity index (χ1n) is 6.52. The number of nitrogens with one attached hydrogen (secondary N) is 1. The van der Waals surface area contributed by atoms with Crippen molar-refractivity contribution in [2.45, 2.75) is 50.5 Å². The molecule has 1 atom stereocenters. The number of nitrogen functional groups attached to an aromatic ring is 1. The van der Waals surface area contributed by atoms with Crippen LogP contribution in [0.1, 0.15) is 39.5 Å². The highest BCUT2D eigenvalue weighted by Gasteiger charge is 2.30. The van der Waals surface area contributed by atoms with Gasteiger partial charge in [-0.05, 0) is 30.7 Å². The second-order valence-corrected chi connectivity index (χ2v) is 7.71. The van der Waals surface area contributed by atoms with Crippen LogP contribution in [0.4, 0.5) is 5.82 Å². The minimum Gasteiger partial charge on any atom is -0.384 e. The molecule has 1 fully saturated rings. The molecule has 1 aliphatic carbocycles. The van der Waals surface area contributed by atoms with Crippen LogP contribution in [0.15, 0.2) is 23.2 Å². The summed E-state index contributed by atoms with van der Waals surface area (Å²) in [5.41, 5.74) is 5.73. The van der Waals surface area contributed by atoms with E-state index in [9.17, 15) is 8.42 Å². The Labute approximate surface area is 114 Å². The number of nitrogens with two attached hydrogens (primary N) is 1. The van der Waals surface area contributed by atoms with Gasteiger partial charge in [0.05, 0.1) is 4.90 Å². The van der Waals surface area contributed by atoms with E-state index in [0.717, 1.165) is 25.7 Å². The molecule has 0 saturated heterocycles. The monoisotopic (exact) mass is 283 g/mol. The highest BCUT2D eigenvalue weighted by molar-refractivity contribution is 7.89. The van der Waals surface area contributed by atoms with Crippen LogP contribution in [0.25, 0.3) is 0 Å². The van der Waals surface area contributed by atoms with E-state index in [4.69, 9.17) is 5.73 Å². The molecule has 1 aromatic rings. The Morgan fingerprint density at radius 2 is 2.21 bits per heavy atom. The summed E-state index contributed by atoms with van der Waals surface area (Å²) >= 11 is 0. The number of anilines is 1. The number of rotatable bonds is 3. The van der Waals surface area contributed by atoms with Crippen LogP contribution < -0.4 is 10.5 Å². The minimum absolute atomic E-state index is 0.00291. The molecule has 0 radical (unpaired) electrons. The number of pyridine rings is 1. The maximum Gasteiger partial charge on any atom is 0.241 e. The molecule has 1 saturated carbocycles. The summed E-state index contributed by atoms with van der Waals surface area (Å²) < 4.78 is 27.3. The molecule has 1 unspecified atom stereocenters. The lowest BCUT2D eigenvalue weighted by Crippen LogP contribution is -2.40. The van der Waals surface area contributed by atoms with Crippen LogP contribution in [0, 0.1) is 5.41 Å². The smallest absolute Gasteiger partial charge is 0.241 e. The van der Waals surface area contributed by atoms with Gasteiger partial charge in [0.25, 0.3) is 0 Å². The summed E-state index contributed by atoms with van der Waals surface area (Å²) in [5.74, 6) is 0.215. The first kappa shape index (κ1) is 14.3. The SMILES string of the molecule is CC1(C)CCCC(NS(=O)(=O)c2ccnc(N)c2)C1. The standard InChI is InChI=1S/C13H21N3O2S/c1-13(2)6-3-4-10(9-13)16-19(17,18)11-5-7-15-12(14)8-11/h5,7-8,10,16H,3-4,6,9H2,1-2H3,(H2,14,15). The number of nitrogens with zero attached hydrogens (tertiary/aromatic N) is 1. The first-order valence-corrected chi connectivity index (χ1v) is 8.01. The van der Waals surface area contributed by atoms with E-state index in [1.807, 2.05) is 0 Å². The van der Waals surface area contributed by atoms with Gasteiger partial charge >= 0.3 is 0 Å². The average molecular weight is 283 g/mol. The second kappa shape index (κ2) is 5.09. The van der Waals surface area contributed by atoms with Gasteiger partial charge in [-0.25, -0.2) is 18.1 Å². The molecule has 106 valence electrons. The van der Waals surface area contributed by atoms with Crippen molar-refractivity contribution in [2.75, 3.05) is 5.73 Å². The molecule has 1 aliphatic rings. The van der Waals surface area contributed by atoms with Crippen LogP contribution >= 0.6 is 0 Å². The Bertz CT molecular complexity index is 555. The van der Waals surface area contributed by atoms with Crippen molar-refractivity contribution < 1.29 is 8.42 Å². The van der Waals surface area contributed by atoms with Crippen molar-refractivity contribution in [3.8, 4) is 0 Å². The number of aromatic nitrogens is 1. The third-order valence-corrected chi connectivity index (χ3v) is 5.11. The number of hydrogen-bond donors (Lipinski definition) is 2. The lowest BCUT2D eigenvalue weighted by Gasteiger charge is -2.35. The maximum absolute atomic E-state index is 12.3. The van der Waals surface area contributed by atoms with Gasteiger partial charge in [0.2, 0.25) is 10.0 Å². The summed E-state index contributed by atoms with van der Waals surface area (Å²) in [7, 11) is -3.50. The van der Waals surface area contributed by atoms with Gasteiger partial charge in [-0.15, -0.1) is 0 Å². The van der Waals surface area contributed by atoms with E-state index < -0.39 is 10.0 Å². The fourth-order valence-corrected chi connectivity index (χ4v) is 3.97. The molecular formula is C13H21N3O2S. The fraction of sp³-hybridized carbons (Fsp3) is 0.615. The Balaban J connectivity index is 2.13. The molecule has 0 aliphatic heterocycles. The summed E-state index contributed by atoms with van der Waals surface area (Å²) in [6.07, 6.45) is 5.37. The van der Waals surface area contributed by atoms with Crippen LogP contribution in [-0.2, 0) is 10.0 Å².